The molecule has 0 atom stereocenters. The van der Waals surface area contributed by atoms with Crippen LogP contribution in [0.2, 0.25) is 0 Å². The third-order valence-corrected chi connectivity index (χ3v) is 9.67. The first-order valence-corrected chi connectivity index (χ1v) is 16.6. The van der Waals surface area contributed by atoms with Crippen LogP contribution in [0.15, 0.2) is 70.4 Å². The Morgan fingerprint density at radius 3 is 2.34 bits per heavy atom. The molecule has 1 amide bonds. The summed E-state index contributed by atoms with van der Waals surface area (Å²) in [6.07, 6.45) is 5.09. The number of fused-ring (bicyclic) bond motifs is 1. The summed E-state index contributed by atoms with van der Waals surface area (Å²) in [5.41, 5.74) is 2.46. The molecule has 9 nitrogen and oxygen atoms in total. The number of benzene rings is 2. The molecular formula is C37H45FN6O3. The van der Waals surface area contributed by atoms with Crippen LogP contribution in [0.5, 0.6) is 0 Å². The zero-order chi connectivity index (χ0) is 33.5. The monoisotopic (exact) mass is 640 g/mol. The minimum Gasteiger partial charge on any atom is -0.352 e. The van der Waals surface area contributed by atoms with Crippen LogP contribution in [0.3, 0.4) is 0 Å². The maximum absolute atomic E-state index is 14.5. The van der Waals surface area contributed by atoms with Crippen molar-refractivity contribution >= 4 is 16.9 Å². The van der Waals surface area contributed by atoms with Crippen LogP contribution in [-0.2, 0) is 11.3 Å². The lowest BCUT2D eigenvalue weighted by atomic mass is 9.90. The van der Waals surface area contributed by atoms with Gasteiger partial charge >= 0.3 is 5.69 Å². The fourth-order valence-corrected chi connectivity index (χ4v) is 6.75. The van der Waals surface area contributed by atoms with E-state index in [-0.39, 0.29) is 34.4 Å². The molecule has 0 aliphatic heterocycles. The molecule has 2 aliphatic carbocycles. The molecule has 0 unspecified atom stereocenters. The van der Waals surface area contributed by atoms with Gasteiger partial charge in [-0.2, -0.15) is 0 Å². The number of nitrogens with one attached hydrogen (secondary N) is 2. The molecule has 6 rings (SSSR count). The molecule has 2 N–H and O–H groups in total. The summed E-state index contributed by atoms with van der Waals surface area (Å²) in [5, 5.41) is 6.76. The zero-order valence-electron chi connectivity index (χ0n) is 28.0. The van der Waals surface area contributed by atoms with Gasteiger partial charge < -0.3 is 10.6 Å². The Hall–Kier alpha value is -4.15. The highest BCUT2D eigenvalue weighted by atomic mass is 19.1. The van der Waals surface area contributed by atoms with Gasteiger partial charge in [-0.25, -0.2) is 18.7 Å². The maximum Gasteiger partial charge on any atom is 0.337 e. The van der Waals surface area contributed by atoms with Crippen molar-refractivity contribution in [2.75, 3.05) is 20.6 Å². The summed E-state index contributed by atoms with van der Waals surface area (Å²) in [5.74, 6) is -0.594. The summed E-state index contributed by atoms with van der Waals surface area (Å²) in [6.45, 7) is 8.28. The van der Waals surface area contributed by atoms with Crippen LogP contribution in [0.4, 0.5) is 4.39 Å². The molecule has 0 saturated heterocycles. The Balaban J connectivity index is 1.28. The van der Waals surface area contributed by atoms with Crippen molar-refractivity contribution in [3.63, 3.8) is 0 Å². The van der Waals surface area contributed by atoms with Gasteiger partial charge in [0, 0.05) is 25.2 Å². The Kier molecular flexibility index (Phi) is 8.93. The molecule has 2 saturated carbocycles. The molecule has 0 radical (unpaired) electrons. The number of carbonyl (C=O) groups excluding carboxylic acids is 1. The van der Waals surface area contributed by atoms with E-state index in [0.29, 0.717) is 31.4 Å². The third-order valence-electron chi connectivity index (χ3n) is 9.67. The van der Waals surface area contributed by atoms with Crippen LogP contribution in [0.1, 0.15) is 70.9 Å². The second kappa shape index (κ2) is 12.8. The van der Waals surface area contributed by atoms with Crippen molar-refractivity contribution in [2.45, 2.75) is 83.5 Å². The highest BCUT2D eigenvalue weighted by molar-refractivity contribution is 5.89. The topological polar surface area (TPSA) is 101 Å². The second-order valence-electron chi connectivity index (χ2n) is 14.6. The molecular weight excluding hydrogens is 595 g/mol. The van der Waals surface area contributed by atoms with E-state index in [1.54, 1.807) is 6.07 Å². The molecule has 248 valence electrons. The highest BCUT2D eigenvalue weighted by Crippen LogP contribution is 2.40. The largest absolute Gasteiger partial charge is 0.352 e. The normalized spacial score (nSPS) is 19.2. The van der Waals surface area contributed by atoms with Crippen molar-refractivity contribution in [3.05, 3.63) is 93.0 Å². The number of amides is 1. The number of halogens is 1. The van der Waals surface area contributed by atoms with Crippen LogP contribution in [-0.4, -0.2) is 57.1 Å². The summed E-state index contributed by atoms with van der Waals surface area (Å²) in [7, 11) is 3.86. The van der Waals surface area contributed by atoms with Crippen molar-refractivity contribution in [2.24, 2.45) is 5.41 Å². The molecule has 2 heterocycles. The fourth-order valence-electron chi connectivity index (χ4n) is 6.75. The van der Waals surface area contributed by atoms with Gasteiger partial charge in [0.1, 0.15) is 5.82 Å². The first kappa shape index (κ1) is 32.8. The van der Waals surface area contributed by atoms with E-state index in [4.69, 9.17) is 0 Å². The van der Waals surface area contributed by atoms with Gasteiger partial charge in [0.05, 0.1) is 22.8 Å². The van der Waals surface area contributed by atoms with E-state index < -0.39 is 22.6 Å². The minimum absolute atomic E-state index is 0.0222. The van der Waals surface area contributed by atoms with Crippen LogP contribution >= 0.6 is 0 Å². The molecule has 2 aromatic heterocycles. The molecule has 47 heavy (non-hydrogen) atoms. The van der Waals surface area contributed by atoms with Crippen molar-refractivity contribution < 1.29 is 9.18 Å². The summed E-state index contributed by atoms with van der Waals surface area (Å²) in [6, 6.07) is 16.6. The van der Waals surface area contributed by atoms with Crippen molar-refractivity contribution in [1.29, 1.82) is 0 Å². The lowest BCUT2D eigenvalue weighted by Gasteiger charge is -2.32. The predicted molar refractivity (Wildman–Crippen MR) is 183 cm³/mol. The van der Waals surface area contributed by atoms with Crippen molar-refractivity contribution in [3.8, 4) is 16.8 Å². The van der Waals surface area contributed by atoms with Crippen molar-refractivity contribution in [1.82, 2.24) is 29.7 Å². The van der Waals surface area contributed by atoms with Gasteiger partial charge in [-0.15, -0.1) is 0 Å². The Labute approximate surface area is 274 Å². The molecule has 4 aromatic rings. The minimum atomic E-state index is -0.640. The van der Waals surface area contributed by atoms with Gasteiger partial charge in [0.25, 0.3) is 5.56 Å². The number of nitrogens with zero attached hydrogens (tertiary/aromatic N) is 4. The first-order valence-electron chi connectivity index (χ1n) is 16.6. The lowest BCUT2D eigenvalue weighted by Crippen LogP contribution is -2.50. The predicted octanol–water partition coefficient (Wildman–Crippen LogP) is 5.18. The number of aromatic nitrogens is 3. The Morgan fingerprint density at radius 2 is 1.70 bits per heavy atom. The van der Waals surface area contributed by atoms with Gasteiger partial charge in [-0.05, 0) is 92.9 Å². The standard InChI is InChI=1S/C37H45FN6O3/c1-36(2,3)23-39-21-24-9-11-25(12-10-24)26-7-6-8-30(19-26)43-32-31(20-27(38)22-40-32)33(45)44(35(43)47)29-15-13-28(14-16-29)41-34(46)37(17-18-37)42(4)5/h6-12,19-20,22,28-29,39H,13-18,21,23H2,1-5H3,(H,41,46)/t28-,29+. The molecule has 2 fully saturated rings. The number of rotatable bonds is 9. The highest BCUT2D eigenvalue weighted by Gasteiger charge is 2.52. The number of hydrogen-bond donors (Lipinski definition) is 2. The van der Waals surface area contributed by atoms with E-state index in [0.717, 1.165) is 49.3 Å². The number of likely N-dealkylation sites (N-methyl/N-ethyl adjacent to an activating group) is 1. The van der Waals surface area contributed by atoms with Gasteiger partial charge in [0.2, 0.25) is 5.91 Å². The van der Waals surface area contributed by atoms with Crippen LogP contribution in [0, 0.1) is 11.2 Å². The molecule has 10 heteroatoms. The Bertz CT molecular complexity index is 1890. The van der Waals surface area contributed by atoms with E-state index in [2.05, 4.69) is 60.7 Å². The number of carbonyl (C=O) groups is 1. The second-order valence-corrected chi connectivity index (χ2v) is 14.6. The molecule has 2 aliphatic rings. The van der Waals surface area contributed by atoms with Gasteiger partial charge in [0.15, 0.2) is 5.65 Å². The Morgan fingerprint density at radius 1 is 1.00 bits per heavy atom. The van der Waals surface area contributed by atoms with Crippen LogP contribution in [0.25, 0.3) is 27.8 Å². The fraction of sp³-hybridized carbons (Fsp3) is 0.459. The SMILES string of the molecule is CN(C)C1(C(=O)N[C@H]2CC[C@@H](n3c(=O)c4cc(F)cnc4n(-c4cccc(-c5ccc(CNCC(C)(C)C)cc5)c4)c3=O)CC2)CC1. The summed E-state index contributed by atoms with van der Waals surface area (Å²) in [4.78, 5) is 47.2. The smallest absolute Gasteiger partial charge is 0.337 e. The number of hydrogen-bond acceptors (Lipinski definition) is 6. The quantitative estimate of drug-likeness (QED) is 0.262. The zero-order valence-corrected chi connectivity index (χ0v) is 28.0. The number of pyridine rings is 1. The molecule has 2 aromatic carbocycles. The molecule has 0 bridgehead atoms. The van der Waals surface area contributed by atoms with E-state index in [1.165, 1.54) is 14.7 Å². The van der Waals surface area contributed by atoms with E-state index in [1.807, 2.05) is 37.2 Å². The van der Waals surface area contributed by atoms with E-state index >= 15 is 0 Å². The average molecular weight is 641 g/mol. The average Bonchev–Trinajstić information content (AvgIpc) is 3.85. The maximum atomic E-state index is 14.5. The lowest BCUT2D eigenvalue weighted by molar-refractivity contribution is -0.128. The van der Waals surface area contributed by atoms with Gasteiger partial charge in [-0.3, -0.25) is 19.1 Å². The summed E-state index contributed by atoms with van der Waals surface area (Å²) < 4.78 is 17.2. The van der Waals surface area contributed by atoms with Gasteiger partial charge in [-0.1, -0.05) is 57.2 Å². The third kappa shape index (κ3) is 6.80. The van der Waals surface area contributed by atoms with E-state index in [9.17, 15) is 18.8 Å². The molecule has 0 spiro atoms. The summed E-state index contributed by atoms with van der Waals surface area (Å²) >= 11 is 0. The first-order chi connectivity index (χ1) is 22.4. The van der Waals surface area contributed by atoms with Crippen LogP contribution < -0.4 is 21.9 Å².